The maximum absolute atomic E-state index is 12.6. The number of carbonyl (C=O) groups is 1. The van der Waals surface area contributed by atoms with Gasteiger partial charge in [0.2, 0.25) is 0 Å². The van der Waals surface area contributed by atoms with Crippen molar-refractivity contribution in [3.8, 4) is 0 Å². The highest BCUT2D eigenvalue weighted by molar-refractivity contribution is 5.92. The average Bonchev–Trinajstić information content (AvgIpc) is 3.03. The molecule has 2 bridgehead atoms. The number of aromatic nitrogens is 2. The van der Waals surface area contributed by atoms with Crippen molar-refractivity contribution in [2.24, 2.45) is 11.8 Å². The first-order chi connectivity index (χ1) is 11.3. The van der Waals surface area contributed by atoms with E-state index in [2.05, 4.69) is 15.1 Å². The Morgan fingerprint density at radius 2 is 1.91 bits per heavy atom. The normalized spacial score (nSPS) is 34.3. The summed E-state index contributed by atoms with van der Waals surface area (Å²) in [5, 5.41) is 7.30. The monoisotopic (exact) mass is 314 g/mol. The van der Waals surface area contributed by atoms with Crippen LogP contribution in [0.15, 0.2) is 6.07 Å². The number of carbonyl (C=O) groups excluding carboxylic acids is 1. The van der Waals surface area contributed by atoms with Gasteiger partial charge in [0.05, 0.1) is 0 Å². The van der Waals surface area contributed by atoms with E-state index in [0.29, 0.717) is 11.6 Å². The highest BCUT2D eigenvalue weighted by Gasteiger charge is 2.43. The van der Waals surface area contributed by atoms with Gasteiger partial charge < -0.3 is 4.90 Å². The first kappa shape index (κ1) is 14.0. The molecule has 1 aromatic heterocycles. The molecule has 0 spiro atoms. The second-order valence-electron chi connectivity index (χ2n) is 8.05. The van der Waals surface area contributed by atoms with Crippen molar-refractivity contribution in [3.63, 3.8) is 0 Å². The molecule has 0 aromatic carbocycles. The second kappa shape index (κ2) is 5.33. The average molecular weight is 314 g/mol. The van der Waals surface area contributed by atoms with E-state index in [1.54, 1.807) is 0 Å². The van der Waals surface area contributed by atoms with Gasteiger partial charge in [0.1, 0.15) is 5.69 Å². The molecule has 1 aromatic rings. The van der Waals surface area contributed by atoms with E-state index in [1.165, 1.54) is 38.5 Å². The number of amides is 1. The molecule has 3 unspecified atom stereocenters. The summed E-state index contributed by atoms with van der Waals surface area (Å²) in [5.74, 6) is 2.67. The van der Waals surface area contributed by atoms with E-state index in [9.17, 15) is 4.79 Å². The Morgan fingerprint density at radius 1 is 1.09 bits per heavy atom. The summed E-state index contributed by atoms with van der Waals surface area (Å²) in [7, 11) is 0. The minimum absolute atomic E-state index is 0.112. The van der Waals surface area contributed by atoms with Crippen molar-refractivity contribution in [1.82, 2.24) is 20.0 Å². The molecular formula is C18H26N4O. The SMILES string of the molecule is O=C(c1cc(C2CC2)[nH]n1)N1CCN(C2CC3CCC2C3)CC1. The topological polar surface area (TPSA) is 52.2 Å². The van der Waals surface area contributed by atoms with Crippen molar-refractivity contribution in [2.45, 2.75) is 50.5 Å². The Morgan fingerprint density at radius 3 is 2.57 bits per heavy atom. The molecule has 4 aliphatic rings. The Labute approximate surface area is 137 Å². The van der Waals surface area contributed by atoms with Crippen molar-refractivity contribution < 1.29 is 4.79 Å². The largest absolute Gasteiger partial charge is 0.335 e. The molecule has 3 saturated carbocycles. The van der Waals surface area contributed by atoms with Gasteiger partial charge in [0.15, 0.2) is 0 Å². The number of fused-ring (bicyclic) bond motifs is 2. The van der Waals surface area contributed by atoms with Crippen LogP contribution in [0.4, 0.5) is 0 Å². The summed E-state index contributed by atoms with van der Waals surface area (Å²) in [6.07, 6.45) is 8.23. The summed E-state index contributed by atoms with van der Waals surface area (Å²) in [5.41, 5.74) is 1.76. The van der Waals surface area contributed by atoms with Crippen LogP contribution in [-0.2, 0) is 0 Å². The molecular weight excluding hydrogens is 288 g/mol. The Bertz CT molecular complexity index is 600. The molecule has 3 atom stereocenters. The number of piperazine rings is 1. The third-order valence-corrected chi connectivity index (χ3v) is 6.61. The van der Waals surface area contributed by atoms with Crippen LogP contribution in [0.5, 0.6) is 0 Å². The molecule has 5 heteroatoms. The minimum Gasteiger partial charge on any atom is -0.335 e. The molecule has 0 radical (unpaired) electrons. The van der Waals surface area contributed by atoms with Crippen LogP contribution in [0.2, 0.25) is 0 Å². The van der Waals surface area contributed by atoms with Gasteiger partial charge in [-0.1, -0.05) is 6.42 Å². The molecule has 5 nitrogen and oxygen atoms in total. The lowest BCUT2D eigenvalue weighted by Gasteiger charge is -2.40. The van der Waals surface area contributed by atoms with Crippen LogP contribution in [0.3, 0.4) is 0 Å². The van der Waals surface area contributed by atoms with Crippen LogP contribution < -0.4 is 0 Å². The lowest BCUT2D eigenvalue weighted by Crippen LogP contribution is -2.53. The lowest BCUT2D eigenvalue weighted by molar-refractivity contribution is 0.0491. The first-order valence-electron chi connectivity index (χ1n) is 9.36. The zero-order valence-electron chi connectivity index (χ0n) is 13.7. The van der Waals surface area contributed by atoms with Gasteiger partial charge in [-0.2, -0.15) is 5.10 Å². The molecule has 3 aliphatic carbocycles. The molecule has 2 heterocycles. The number of nitrogens with one attached hydrogen (secondary N) is 1. The third-order valence-electron chi connectivity index (χ3n) is 6.61. The van der Waals surface area contributed by atoms with Gasteiger partial charge in [0.25, 0.3) is 5.91 Å². The van der Waals surface area contributed by atoms with Gasteiger partial charge in [-0.15, -0.1) is 0 Å². The van der Waals surface area contributed by atoms with Crippen molar-refractivity contribution >= 4 is 5.91 Å². The fraction of sp³-hybridized carbons (Fsp3) is 0.778. The predicted octanol–water partition coefficient (Wildman–Crippen LogP) is 2.23. The number of H-pyrrole nitrogens is 1. The number of hydrogen-bond donors (Lipinski definition) is 1. The van der Waals surface area contributed by atoms with Gasteiger partial charge in [0, 0.05) is 43.8 Å². The summed E-state index contributed by atoms with van der Waals surface area (Å²) in [6, 6.07) is 2.78. The van der Waals surface area contributed by atoms with Gasteiger partial charge in [-0.05, 0) is 50.0 Å². The standard InChI is InChI=1S/C18H26N4O/c23-18(16-11-15(19-20-16)13-3-4-13)22-7-5-21(6-8-22)17-10-12-1-2-14(17)9-12/h11-14,17H,1-10H2,(H,19,20). The zero-order chi connectivity index (χ0) is 15.4. The van der Waals surface area contributed by atoms with E-state index in [0.717, 1.165) is 49.8 Å². The molecule has 23 heavy (non-hydrogen) atoms. The fourth-order valence-corrected chi connectivity index (χ4v) is 5.13. The third kappa shape index (κ3) is 2.49. The summed E-state index contributed by atoms with van der Waals surface area (Å²) in [6.45, 7) is 3.80. The van der Waals surface area contributed by atoms with E-state index >= 15 is 0 Å². The Kier molecular flexibility index (Phi) is 3.25. The maximum Gasteiger partial charge on any atom is 0.274 e. The number of rotatable bonds is 3. The van der Waals surface area contributed by atoms with Crippen LogP contribution in [0.1, 0.15) is 60.6 Å². The molecule has 1 saturated heterocycles. The second-order valence-corrected chi connectivity index (χ2v) is 8.05. The van der Waals surface area contributed by atoms with Gasteiger partial charge >= 0.3 is 0 Å². The highest BCUT2D eigenvalue weighted by atomic mass is 16.2. The summed E-state index contributed by atoms with van der Waals surface area (Å²) >= 11 is 0. The molecule has 5 rings (SSSR count). The lowest BCUT2D eigenvalue weighted by atomic mass is 9.93. The van der Waals surface area contributed by atoms with Gasteiger partial charge in [-0.25, -0.2) is 0 Å². The first-order valence-corrected chi connectivity index (χ1v) is 9.36. The smallest absolute Gasteiger partial charge is 0.274 e. The van der Waals surface area contributed by atoms with Crippen LogP contribution >= 0.6 is 0 Å². The quantitative estimate of drug-likeness (QED) is 0.931. The molecule has 124 valence electrons. The van der Waals surface area contributed by atoms with E-state index in [1.807, 2.05) is 11.0 Å². The highest BCUT2D eigenvalue weighted by Crippen LogP contribution is 2.46. The molecule has 1 N–H and O–H groups in total. The summed E-state index contributed by atoms with van der Waals surface area (Å²) in [4.78, 5) is 17.3. The zero-order valence-corrected chi connectivity index (χ0v) is 13.7. The van der Waals surface area contributed by atoms with E-state index < -0.39 is 0 Å². The molecule has 1 amide bonds. The van der Waals surface area contributed by atoms with Crippen LogP contribution in [0.25, 0.3) is 0 Å². The van der Waals surface area contributed by atoms with Crippen LogP contribution in [-0.4, -0.2) is 58.1 Å². The summed E-state index contributed by atoms with van der Waals surface area (Å²) < 4.78 is 0. The predicted molar refractivity (Wildman–Crippen MR) is 87.3 cm³/mol. The Balaban J connectivity index is 1.19. The van der Waals surface area contributed by atoms with Crippen LogP contribution in [0, 0.1) is 11.8 Å². The van der Waals surface area contributed by atoms with Crippen molar-refractivity contribution in [2.75, 3.05) is 26.2 Å². The van der Waals surface area contributed by atoms with Crippen molar-refractivity contribution in [3.05, 3.63) is 17.5 Å². The maximum atomic E-state index is 12.6. The number of hydrogen-bond acceptors (Lipinski definition) is 3. The van der Waals surface area contributed by atoms with Crippen molar-refractivity contribution in [1.29, 1.82) is 0 Å². The molecule has 1 aliphatic heterocycles. The van der Waals surface area contributed by atoms with E-state index in [-0.39, 0.29) is 5.91 Å². The van der Waals surface area contributed by atoms with E-state index in [4.69, 9.17) is 0 Å². The minimum atomic E-state index is 0.112. The Hall–Kier alpha value is -1.36. The van der Waals surface area contributed by atoms with Gasteiger partial charge in [-0.3, -0.25) is 14.8 Å². The number of aromatic amines is 1. The fourth-order valence-electron chi connectivity index (χ4n) is 5.13. The molecule has 4 fully saturated rings. The number of nitrogens with zero attached hydrogens (tertiary/aromatic N) is 3.